The van der Waals surface area contributed by atoms with Crippen LogP contribution in [-0.4, -0.2) is 18.1 Å². The van der Waals surface area contributed by atoms with Crippen molar-refractivity contribution < 1.29 is 0 Å². The van der Waals surface area contributed by atoms with Crippen molar-refractivity contribution in [3.63, 3.8) is 0 Å². The molecule has 0 radical (unpaired) electrons. The third kappa shape index (κ3) is 3.52. The Bertz CT molecular complexity index is 358. The Morgan fingerprint density at radius 3 is 2.94 bits per heavy atom. The molecule has 18 heavy (non-hydrogen) atoms. The molecule has 1 heterocycles. The fourth-order valence-electron chi connectivity index (χ4n) is 2.68. The Kier molecular flexibility index (Phi) is 5.58. The smallest absolute Gasteiger partial charge is 0.0356 e. The highest BCUT2D eigenvalue weighted by molar-refractivity contribution is 7.99. The van der Waals surface area contributed by atoms with Crippen LogP contribution in [0.5, 0.6) is 0 Å². The van der Waals surface area contributed by atoms with E-state index < -0.39 is 0 Å². The summed E-state index contributed by atoms with van der Waals surface area (Å²) in [4.78, 5) is 0. The van der Waals surface area contributed by atoms with Gasteiger partial charge in [-0.25, -0.2) is 0 Å². The Morgan fingerprint density at radius 1 is 1.39 bits per heavy atom. The number of rotatable bonds is 6. The quantitative estimate of drug-likeness (QED) is 0.831. The minimum absolute atomic E-state index is 0.562. The molecule has 0 amide bonds. The molecular formula is C16H25NS. The minimum atomic E-state index is 0.562. The summed E-state index contributed by atoms with van der Waals surface area (Å²) in [6, 6.07) is 9.72. The maximum Gasteiger partial charge on any atom is 0.0356 e. The van der Waals surface area contributed by atoms with E-state index in [1.807, 2.05) is 0 Å². The number of nitrogens with one attached hydrogen (secondary N) is 1. The summed E-state index contributed by atoms with van der Waals surface area (Å²) >= 11 is 2.11. The van der Waals surface area contributed by atoms with Gasteiger partial charge in [0, 0.05) is 6.04 Å². The lowest BCUT2D eigenvalue weighted by molar-refractivity contribution is 0.393. The van der Waals surface area contributed by atoms with Crippen LogP contribution < -0.4 is 5.32 Å². The predicted octanol–water partition coefficient (Wildman–Crippen LogP) is 4.04. The molecular weight excluding hydrogens is 238 g/mol. The third-order valence-corrected chi connectivity index (χ3v) is 4.96. The van der Waals surface area contributed by atoms with Gasteiger partial charge in [0.25, 0.3) is 0 Å². The van der Waals surface area contributed by atoms with Gasteiger partial charge in [0.1, 0.15) is 0 Å². The predicted molar refractivity (Wildman–Crippen MR) is 82.3 cm³/mol. The summed E-state index contributed by atoms with van der Waals surface area (Å²) in [5.41, 5.74) is 2.96. The topological polar surface area (TPSA) is 12.0 Å². The maximum absolute atomic E-state index is 3.77. The van der Waals surface area contributed by atoms with Crippen molar-refractivity contribution in [3.05, 3.63) is 35.4 Å². The largest absolute Gasteiger partial charge is 0.310 e. The van der Waals surface area contributed by atoms with E-state index in [9.17, 15) is 0 Å². The van der Waals surface area contributed by atoms with Gasteiger partial charge in [-0.2, -0.15) is 11.8 Å². The van der Waals surface area contributed by atoms with Crippen LogP contribution in [0.1, 0.15) is 43.9 Å². The van der Waals surface area contributed by atoms with Crippen LogP contribution in [-0.2, 0) is 6.42 Å². The average Bonchev–Trinajstić information content (AvgIpc) is 2.93. The molecule has 1 nitrogen and oxygen atoms in total. The summed E-state index contributed by atoms with van der Waals surface area (Å²) in [6.07, 6.45) is 3.71. The summed E-state index contributed by atoms with van der Waals surface area (Å²) < 4.78 is 0. The van der Waals surface area contributed by atoms with Gasteiger partial charge in [-0.3, -0.25) is 0 Å². The molecule has 2 unspecified atom stereocenters. The first-order chi connectivity index (χ1) is 8.85. The molecule has 1 fully saturated rings. The Labute approximate surface area is 116 Å². The van der Waals surface area contributed by atoms with Crippen molar-refractivity contribution >= 4 is 11.8 Å². The second-order valence-electron chi connectivity index (χ2n) is 5.15. The van der Waals surface area contributed by atoms with Crippen molar-refractivity contribution in [3.8, 4) is 0 Å². The van der Waals surface area contributed by atoms with Crippen molar-refractivity contribution in [2.45, 2.75) is 39.2 Å². The monoisotopic (exact) mass is 263 g/mol. The number of benzene rings is 1. The molecule has 2 rings (SSSR count). The summed E-state index contributed by atoms with van der Waals surface area (Å²) in [5, 5.41) is 3.77. The zero-order valence-corrected chi connectivity index (χ0v) is 12.4. The molecule has 1 aromatic carbocycles. The Hall–Kier alpha value is -0.470. The van der Waals surface area contributed by atoms with Crippen LogP contribution in [0.2, 0.25) is 0 Å². The zero-order valence-electron chi connectivity index (χ0n) is 11.6. The van der Waals surface area contributed by atoms with E-state index in [0.717, 1.165) is 18.9 Å². The lowest BCUT2D eigenvalue weighted by Gasteiger charge is -2.25. The van der Waals surface area contributed by atoms with Crippen LogP contribution in [0.3, 0.4) is 0 Å². The van der Waals surface area contributed by atoms with Crippen molar-refractivity contribution in [1.29, 1.82) is 0 Å². The first-order valence-corrected chi connectivity index (χ1v) is 8.40. The highest BCUT2D eigenvalue weighted by atomic mass is 32.2. The average molecular weight is 263 g/mol. The van der Waals surface area contributed by atoms with Crippen LogP contribution in [0.15, 0.2) is 24.3 Å². The van der Waals surface area contributed by atoms with Gasteiger partial charge in [0.15, 0.2) is 0 Å². The molecule has 1 N–H and O–H groups in total. The van der Waals surface area contributed by atoms with Gasteiger partial charge in [0.05, 0.1) is 0 Å². The van der Waals surface area contributed by atoms with Gasteiger partial charge >= 0.3 is 0 Å². The first-order valence-electron chi connectivity index (χ1n) is 7.25. The standard InChI is InChI=1S/C16H25NS/c1-3-9-17-16(15-8-10-18-12-15)14-7-5-6-13(4-2)11-14/h5-7,11,15-17H,3-4,8-10,12H2,1-2H3. The lowest BCUT2D eigenvalue weighted by atomic mass is 9.91. The highest BCUT2D eigenvalue weighted by Crippen LogP contribution is 2.34. The summed E-state index contributed by atoms with van der Waals surface area (Å²) in [5.74, 6) is 3.47. The Morgan fingerprint density at radius 2 is 2.28 bits per heavy atom. The minimum Gasteiger partial charge on any atom is -0.310 e. The maximum atomic E-state index is 3.77. The molecule has 0 aromatic heterocycles. The number of hydrogen-bond donors (Lipinski definition) is 1. The van der Waals surface area contributed by atoms with Gasteiger partial charge in [-0.05, 0) is 54.4 Å². The molecule has 0 aliphatic carbocycles. The van der Waals surface area contributed by atoms with E-state index in [0.29, 0.717) is 6.04 Å². The molecule has 1 saturated heterocycles. The van der Waals surface area contributed by atoms with Crippen molar-refractivity contribution in [2.24, 2.45) is 5.92 Å². The zero-order chi connectivity index (χ0) is 12.8. The van der Waals surface area contributed by atoms with Crippen molar-refractivity contribution in [2.75, 3.05) is 18.1 Å². The normalized spacial score (nSPS) is 21.1. The van der Waals surface area contributed by atoms with Crippen LogP contribution in [0, 0.1) is 5.92 Å². The van der Waals surface area contributed by atoms with Crippen LogP contribution in [0.25, 0.3) is 0 Å². The molecule has 100 valence electrons. The fourth-order valence-corrected chi connectivity index (χ4v) is 3.98. The second-order valence-corrected chi connectivity index (χ2v) is 6.30. The SMILES string of the molecule is CCCNC(c1cccc(CC)c1)C1CCSC1. The lowest BCUT2D eigenvalue weighted by Crippen LogP contribution is -2.29. The van der Waals surface area contributed by atoms with Crippen LogP contribution >= 0.6 is 11.8 Å². The van der Waals surface area contributed by atoms with E-state index in [1.54, 1.807) is 0 Å². The van der Waals surface area contributed by atoms with E-state index in [-0.39, 0.29) is 0 Å². The fraction of sp³-hybridized carbons (Fsp3) is 0.625. The van der Waals surface area contributed by atoms with E-state index in [1.165, 1.54) is 35.5 Å². The molecule has 0 spiro atoms. The van der Waals surface area contributed by atoms with E-state index in [2.05, 4.69) is 55.2 Å². The molecule has 1 aromatic rings. The molecule has 0 saturated carbocycles. The molecule has 0 bridgehead atoms. The first kappa shape index (κ1) is 14.0. The van der Waals surface area contributed by atoms with Gasteiger partial charge < -0.3 is 5.32 Å². The summed E-state index contributed by atoms with van der Waals surface area (Å²) in [7, 11) is 0. The molecule has 1 aliphatic heterocycles. The van der Waals surface area contributed by atoms with Gasteiger partial charge in [-0.15, -0.1) is 0 Å². The molecule has 2 heteroatoms. The van der Waals surface area contributed by atoms with E-state index >= 15 is 0 Å². The highest BCUT2D eigenvalue weighted by Gasteiger charge is 2.26. The number of aryl methyl sites for hydroxylation is 1. The Balaban J connectivity index is 2.14. The second kappa shape index (κ2) is 7.20. The number of hydrogen-bond acceptors (Lipinski definition) is 2. The van der Waals surface area contributed by atoms with Crippen molar-refractivity contribution in [1.82, 2.24) is 5.32 Å². The third-order valence-electron chi connectivity index (χ3n) is 3.77. The van der Waals surface area contributed by atoms with Gasteiger partial charge in [0.2, 0.25) is 0 Å². The molecule has 2 atom stereocenters. The number of thioether (sulfide) groups is 1. The van der Waals surface area contributed by atoms with Crippen LogP contribution in [0.4, 0.5) is 0 Å². The van der Waals surface area contributed by atoms with E-state index in [4.69, 9.17) is 0 Å². The summed E-state index contributed by atoms with van der Waals surface area (Å²) in [6.45, 7) is 5.61. The van der Waals surface area contributed by atoms with Gasteiger partial charge in [-0.1, -0.05) is 38.1 Å². The molecule has 1 aliphatic rings.